The largest absolute Gasteiger partial charge is 0.329 e. The highest BCUT2D eigenvalue weighted by Crippen LogP contribution is 2.34. The summed E-state index contributed by atoms with van der Waals surface area (Å²) in [5.41, 5.74) is 2.02. The Morgan fingerprint density at radius 2 is 2.20 bits per heavy atom. The number of fused-ring (bicyclic) bond motifs is 2. The number of aromatic amines is 1. The van der Waals surface area contributed by atoms with Crippen LogP contribution in [0.25, 0.3) is 11.2 Å². The molecule has 2 atom stereocenters. The van der Waals surface area contributed by atoms with E-state index in [9.17, 15) is 0 Å². The molecule has 2 aliphatic rings. The SMILES string of the molecule is S=c1[nH]c2cc(Br)cnc2n1C1CCN2CCCC2C1. The minimum absolute atomic E-state index is 0.490. The van der Waals surface area contributed by atoms with Crippen LogP contribution in [0.3, 0.4) is 0 Å². The van der Waals surface area contributed by atoms with E-state index in [-0.39, 0.29) is 0 Å². The summed E-state index contributed by atoms with van der Waals surface area (Å²) in [5, 5.41) is 0. The first-order chi connectivity index (χ1) is 9.72. The number of hydrogen-bond donors (Lipinski definition) is 1. The molecule has 2 saturated heterocycles. The number of nitrogens with one attached hydrogen (secondary N) is 1. The van der Waals surface area contributed by atoms with Gasteiger partial charge in [0.25, 0.3) is 0 Å². The lowest BCUT2D eigenvalue weighted by atomic mass is 9.97. The normalized spacial score (nSPS) is 27.1. The fourth-order valence-corrected chi connectivity index (χ4v) is 4.44. The number of imidazole rings is 1. The van der Waals surface area contributed by atoms with E-state index in [1.165, 1.54) is 38.8 Å². The lowest BCUT2D eigenvalue weighted by Gasteiger charge is -2.35. The topological polar surface area (TPSA) is 36.9 Å². The number of halogens is 1. The average molecular weight is 353 g/mol. The highest BCUT2D eigenvalue weighted by Gasteiger charge is 2.33. The Balaban J connectivity index is 1.74. The van der Waals surface area contributed by atoms with Crippen molar-refractivity contribution in [1.29, 1.82) is 0 Å². The number of hydrogen-bond acceptors (Lipinski definition) is 3. The summed E-state index contributed by atoms with van der Waals surface area (Å²) in [5.74, 6) is 0. The number of piperidine rings is 1. The molecule has 1 N–H and O–H groups in total. The van der Waals surface area contributed by atoms with E-state index in [4.69, 9.17) is 12.2 Å². The molecule has 2 aromatic heterocycles. The Hall–Kier alpha value is -0.720. The van der Waals surface area contributed by atoms with Gasteiger partial charge in [-0.15, -0.1) is 0 Å². The first-order valence-electron chi connectivity index (χ1n) is 7.22. The molecular weight excluding hydrogens is 336 g/mol. The fraction of sp³-hybridized carbons (Fsp3) is 0.571. The molecule has 2 unspecified atom stereocenters. The van der Waals surface area contributed by atoms with Gasteiger partial charge in [0.05, 0.1) is 5.52 Å². The van der Waals surface area contributed by atoms with E-state index in [1.807, 2.05) is 6.20 Å². The summed E-state index contributed by atoms with van der Waals surface area (Å²) in [7, 11) is 0. The van der Waals surface area contributed by atoms with Crippen molar-refractivity contribution in [2.24, 2.45) is 0 Å². The van der Waals surface area contributed by atoms with E-state index in [0.29, 0.717) is 6.04 Å². The molecule has 0 radical (unpaired) electrons. The van der Waals surface area contributed by atoms with Crippen LogP contribution in [0, 0.1) is 4.77 Å². The minimum atomic E-state index is 0.490. The van der Waals surface area contributed by atoms with E-state index in [2.05, 4.69) is 41.4 Å². The number of nitrogens with zero attached hydrogens (tertiary/aromatic N) is 3. The fourth-order valence-electron chi connectivity index (χ4n) is 3.76. The average Bonchev–Trinajstić information content (AvgIpc) is 3.00. The van der Waals surface area contributed by atoms with Crippen LogP contribution in [0.15, 0.2) is 16.7 Å². The van der Waals surface area contributed by atoms with Gasteiger partial charge in [-0.25, -0.2) is 4.98 Å². The smallest absolute Gasteiger partial charge is 0.179 e. The molecule has 0 aliphatic carbocycles. The molecular formula is C14H17BrN4S. The van der Waals surface area contributed by atoms with Crippen molar-refractivity contribution in [2.75, 3.05) is 13.1 Å². The maximum atomic E-state index is 5.54. The minimum Gasteiger partial charge on any atom is -0.329 e. The molecule has 20 heavy (non-hydrogen) atoms. The molecule has 4 heterocycles. The van der Waals surface area contributed by atoms with Gasteiger partial charge in [0.15, 0.2) is 10.4 Å². The zero-order valence-electron chi connectivity index (χ0n) is 11.2. The number of pyridine rings is 1. The summed E-state index contributed by atoms with van der Waals surface area (Å²) in [6, 6.07) is 3.29. The molecule has 0 saturated carbocycles. The molecule has 2 aromatic rings. The van der Waals surface area contributed by atoms with Crippen LogP contribution in [0.1, 0.15) is 31.7 Å². The maximum Gasteiger partial charge on any atom is 0.179 e. The molecule has 2 fully saturated rings. The second-order valence-electron chi connectivity index (χ2n) is 5.84. The summed E-state index contributed by atoms with van der Waals surface area (Å²) >= 11 is 9.00. The van der Waals surface area contributed by atoms with Gasteiger partial charge in [-0.2, -0.15) is 0 Å². The third-order valence-electron chi connectivity index (χ3n) is 4.68. The van der Waals surface area contributed by atoms with Gasteiger partial charge < -0.3 is 9.88 Å². The van der Waals surface area contributed by atoms with Crippen LogP contribution < -0.4 is 0 Å². The standard InChI is InChI=1S/C14H17BrN4S/c15-9-6-12-13(16-8-9)19(14(20)17-12)11-3-5-18-4-1-2-10(18)7-11/h6,8,10-11H,1-5,7H2,(H,17,20). The summed E-state index contributed by atoms with van der Waals surface area (Å²) in [6.45, 7) is 2.47. The summed E-state index contributed by atoms with van der Waals surface area (Å²) < 4.78 is 4.04. The Morgan fingerprint density at radius 1 is 1.30 bits per heavy atom. The lowest BCUT2D eigenvalue weighted by Crippen LogP contribution is -2.38. The number of rotatable bonds is 1. The predicted octanol–water partition coefficient (Wildman–Crippen LogP) is 3.66. The molecule has 0 spiro atoms. The van der Waals surface area contributed by atoms with E-state index in [0.717, 1.165) is 26.4 Å². The predicted molar refractivity (Wildman–Crippen MR) is 85.5 cm³/mol. The summed E-state index contributed by atoms with van der Waals surface area (Å²) in [4.78, 5) is 10.5. The van der Waals surface area contributed by atoms with Crippen molar-refractivity contribution >= 4 is 39.3 Å². The second-order valence-corrected chi connectivity index (χ2v) is 7.14. The maximum absolute atomic E-state index is 5.54. The third-order valence-corrected chi connectivity index (χ3v) is 5.41. The van der Waals surface area contributed by atoms with Gasteiger partial charge in [-0.3, -0.25) is 4.57 Å². The second kappa shape index (κ2) is 4.93. The highest BCUT2D eigenvalue weighted by atomic mass is 79.9. The van der Waals surface area contributed by atoms with Crippen LogP contribution in [0.4, 0.5) is 0 Å². The van der Waals surface area contributed by atoms with Crippen molar-refractivity contribution in [3.63, 3.8) is 0 Å². The van der Waals surface area contributed by atoms with Gasteiger partial charge in [0.2, 0.25) is 0 Å². The van der Waals surface area contributed by atoms with Crippen LogP contribution in [-0.4, -0.2) is 38.6 Å². The van der Waals surface area contributed by atoms with E-state index in [1.54, 1.807) is 0 Å². The van der Waals surface area contributed by atoms with Gasteiger partial charge >= 0.3 is 0 Å². The lowest BCUT2D eigenvalue weighted by molar-refractivity contribution is 0.156. The van der Waals surface area contributed by atoms with E-state index >= 15 is 0 Å². The Kier molecular flexibility index (Phi) is 3.20. The first-order valence-corrected chi connectivity index (χ1v) is 8.42. The highest BCUT2D eigenvalue weighted by molar-refractivity contribution is 9.10. The van der Waals surface area contributed by atoms with Crippen molar-refractivity contribution in [1.82, 2.24) is 19.4 Å². The number of aromatic nitrogens is 3. The van der Waals surface area contributed by atoms with Crippen molar-refractivity contribution < 1.29 is 0 Å². The molecule has 0 bridgehead atoms. The number of H-pyrrole nitrogens is 1. The van der Waals surface area contributed by atoms with Crippen LogP contribution in [0.5, 0.6) is 0 Å². The van der Waals surface area contributed by atoms with Crippen LogP contribution >= 0.6 is 28.1 Å². The monoisotopic (exact) mass is 352 g/mol. The van der Waals surface area contributed by atoms with Crippen LogP contribution in [0.2, 0.25) is 0 Å². The Bertz CT molecular complexity index is 707. The quantitative estimate of drug-likeness (QED) is 0.795. The molecule has 2 aliphatic heterocycles. The van der Waals surface area contributed by atoms with Crippen molar-refractivity contribution in [2.45, 2.75) is 37.8 Å². The summed E-state index contributed by atoms with van der Waals surface area (Å²) in [6.07, 6.45) is 6.92. The van der Waals surface area contributed by atoms with Crippen LogP contribution in [-0.2, 0) is 0 Å². The molecule has 106 valence electrons. The zero-order valence-corrected chi connectivity index (χ0v) is 13.6. The molecule has 0 aromatic carbocycles. The Labute approximate surface area is 131 Å². The third kappa shape index (κ3) is 2.05. The zero-order chi connectivity index (χ0) is 13.7. The molecule has 0 amide bonds. The van der Waals surface area contributed by atoms with Crippen molar-refractivity contribution in [3.05, 3.63) is 21.5 Å². The molecule has 4 rings (SSSR count). The van der Waals surface area contributed by atoms with E-state index < -0.39 is 0 Å². The van der Waals surface area contributed by atoms with Gasteiger partial charge in [0.1, 0.15) is 0 Å². The molecule has 6 heteroatoms. The van der Waals surface area contributed by atoms with Gasteiger partial charge in [0, 0.05) is 29.3 Å². The van der Waals surface area contributed by atoms with Gasteiger partial charge in [-0.05, 0) is 66.4 Å². The van der Waals surface area contributed by atoms with Crippen molar-refractivity contribution in [3.8, 4) is 0 Å². The van der Waals surface area contributed by atoms with Gasteiger partial charge in [-0.1, -0.05) is 0 Å². The molecule has 4 nitrogen and oxygen atoms in total. The first kappa shape index (κ1) is 13.0. The Morgan fingerprint density at radius 3 is 3.10 bits per heavy atom.